The first kappa shape index (κ1) is 23.5. The fourth-order valence-electron chi connectivity index (χ4n) is 4.69. The molecule has 0 N–H and O–H groups in total. The van der Waals surface area contributed by atoms with E-state index in [0.717, 1.165) is 42.8 Å². The molecule has 3 aromatic rings. The second-order valence-electron chi connectivity index (χ2n) is 9.97. The van der Waals surface area contributed by atoms with Crippen molar-refractivity contribution in [2.75, 3.05) is 0 Å². The van der Waals surface area contributed by atoms with E-state index in [1.54, 1.807) is 6.20 Å². The molecule has 1 fully saturated rings. The number of carbonyl (C=O) groups is 1. The zero-order valence-electron chi connectivity index (χ0n) is 20.1. The van der Waals surface area contributed by atoms with Gasteiger partial charge in [-0.05, 0) is 58.6 Å². The van der Waals surface area contributed by atoms with Gasteiger partial charge in [-0.3, -0.25) is 9.47 Å². The molecule has 1 atom stereocenters. The number of aromatic nitrogens is 5. The zero-order chi connectivity index (χ0) is 24.6. The average molecular weight is 497 g/mol. The van der Waals surface area contributed by atoms with Crippen LogP contribution in [0.1, 0.15) is 75.1 Å². The predicted molar refractivity (Wildman–Crippen MR) is 129 cm³/mol. The number of amides is 1. The fraction of sp³-hybridized carbons (Fsp3) is 0.480. The number of fused-ring (bicyclic) bond motifs is 3. The Balaban J connectivity index is 1.41. The van der Waals surface area contributed by atoms with Crippen LogP contribution in [0.3, 0.4) is 0 Å². The Morgan fingerprint density at radius 3 is 2.51 bits per heavy atom. The first-order valence-electron chi connectivity index (χ1n) is 11.9. The van der Waals surface area contributed by atoms with Crippen molar-refractivity contribution < 1.29 is 14.3 Å². The Kier molecular flexibility index (Phi) is 6.35. The van der Waals surface area contributed by atoms with Crippen molar-refractivity contribution in [1.29, 1.82) is 0 Å². The van der Waals surface area contributed by atoms with Crippen LogP contribution in [-0.4, -0.2) is 47.7 Å². The Hall–Kier alpha value is -3.20. The molecule has 5 rings (SSSR count). The van der Waals surface area contributed by atoms with E-state index >= 15 is 0 Å². The lowest BCUT2D eigenvalue weighted by molar-refractivity contribution is 0.0201. The van der Waals surface area contributed by atoms with Crippen molar-refractivity contribution in [3.63, 3.8) is 0 Å². The van der Waals surface area contributed by atoms with Crippen LogP contribution in [0.4, 0.5) is 4.79 Å². The number of hydrogen-bond donors (Lipinski definition) is 0. The third-order valence-electron chi connectivity index (χ3n) is 6.28. The molecular weight excluding hydrogens is 468 g/mol. The van der Waals surface area contributed by atoms with E-state index < -0.39 is 17.2 Å². The molecule has 184 valence electrons. The van der Waals surface area contributed by atoms with Gasteiger partial charge in [0.2, 0.25) is 5.88 Å². The number of hydrogen-bond acceptors (Lipinski definition) is 7. The summed E-state index contributed by atoms with van der Waals surface area (Å²) in [7, 11) is 0. The third kappa shape index (κ3) is 4.96. The number of nitrogens with zero attached hydrogens (tertiary/aromatic N) is 6. The largest absolute Gasteiger partial charge is 0.473 e. The number of carbonyl (C=O) groups excluding carboxylic acids is 1. The predicted octanol–water partition coefficient (Wildman–Crippen LogP) is 5.15. The van der Waals surface area contributed by atoms with Gasteiger partial charge in [0.1, 0.15) is 23.0 Å². The molecule has 9 nitrogen and oxygen atoms in total. The van der Waals surface area contributed by atoms with Gasteiger partial charge in [0.25, 0.3) is 0 Å². The van der Waals surface area contributed by atoms with E-state index in [4.69, 9.17) is 21.1 Å². The van der Waals surface area contributed by atoms with Crippen LogP contribution in [0.25, 0.3) is 5.69 Å². The van der Waals surface area contributed by atoms with E-state index in [0.29, 0.717) is 11.7 Å². The highest BCUT2D eigenvalue weighted by Gasteiger charge is 2.37. The number of para-hydroxylation sites is 1. The van der Waals surface area contributed by atoms with Crippen molar-refractivity contribution in [2.45, 2.75) is 76.1 Å². The van der Waals surface area contributed by atoms with Crippen molar-refractivity contribution in [2.24, 2.45) is 0 Å². The minimum absolute atomic E-state index is 0.0941. The lowest BCUT2D eigenvalue weighted by atomic mass is 9.86. The Morgan fingerprint density at radius 1 is 1.03 bits per heavy atom. The van der Waals surface area contributed by atoms with Crippen LogP contribution < -0.4 is 4.74 Å². The van der Waals surface area contributed by atoms with Crippen LogP contribution in [0.5, 0.6) is 5.88 Å². The summed E-state index contributed by atoms with van der Waals surface area (Å²) >= 11 is 6.86. The summed E-state index contributed by atoms with van der Waals surface area (Å²) in [5.74, 6) is 2.32. The first-order valence-corrected chi connectivity index (χ1v) is 12.4. The molecule has 1 amide bonds. The molecule has 3 heterocycles. The number of ether oxygens (including phenoxy) is 2. The quantitative estimate of drug-likeness (QED) is 0.365. The second-order valence-corrected chi connectivity index (χ2v) is 10.4. The first-order chi connectivity index (χ1) is 16.8. The van der Waals surface area contributed by atoms with E-state index in [-0.39, 0.29) is 18.6 Å². The summed E-state index contributed by atoms with van der Waals surface area (Å²) in [6.45, 7) is 5.72. The van der Waals surface area contributed by atoms with Gasteiger partial charge >= 0.3 is 6.09 Å². The molecule has 1 aromatic carbocycles. The van der Waals surface area contributed by atoms with Crippen LogP contribution in [0.15, 0.2) is 42.6 Å². The lowest BCUT2D eigenvalue weighted by Gasteiger charge is -2.29. The molecular formula is C25H29ClN6O3. The SMILES string of the molecule is CC(C)(C)OC(=O)N1Cc2nnc([C@H]3CC[C@H](Oc4cccnn4)CC3)n2-c2ccccc2C1Cl. The number of alkyl halides is 1. The van der Waals surface area contributed by atoms with Gasteiger partial charge in [-0.15, -0.1) is 15.3 Å². The molecule has 2 aliphatic rings. The molecule has 10 heteroatoms. The summed E-state index contributed by atoms with van der Waals surface area (Å²) in [6.07, 6.45) is 4.83. The van der Waals surface area contributed by atoms with Crippen molar-refractivity contribution in [1.82, 2.24) is 29.9 Å². The van der Waals surface area contributed by atoms with Gasteiger partial charge in [0, 0.05) is 23.7 Å². The van der Waals surface area contributed by atoms with E-state index in [1.165, 1.54) is 4.90 Å². The number of halogens is 1. The molecule has 1 aliphatic heterocycles. The van der Waals surface area contributed by atoms with Crippen molar-refractivity contribution >= 4 is 17.7 Å². The van der Waals surface area contributed by atoms with E-state index in [9.17, 15) is 4.79 Å². The molecule has 35 heavy (non-hydrogen) atoms. The van der Waals surface area contributed by atoms with Gasteiger partial charge < -0.3 is 9.47 Å². The monoisotopic (exact) mass is 496 g/mol. The van der Waals surface area contributed by atoms with Crippen LogP contribution in [0, 0.1) is 0 Å². The molecule has 1 unspecified atom stereocenters. The van der Waals surface area contributed by atoms with Crippen LogP contribution >= 0.6 is 11.6 Å². The zero-order valence-corrected chi connectivity index (χ0v) is 20.9. The maximum Gasteiger partial charge on any atom is 0.412 e. The molecule has 0 saturated heterocycles. The highest BCUT2D eigenvalue weighted by molar-refractivity contribution is 6.21. The Bertz CT molecular complexity index is 1190. The summed E-state index contributed by atoms with van der Waals surface area (Å²) in [4.78, 5) is 14.5. The summed E-state index contributed by atoms with van der Waals surface area (Å²) in [5.41, 5.74) is 0.391. The topological polar surface area (TPSA) is 95.3 Å². The third-order valence-corrected chi connectivity index (χ3v) is 6.75. The molecule has 1 saturated carbocycles. The van der Waals surface area contributed by atoms with Gasteiger partial charge in [0.15, 0.2) is 5.82 Å². The van der Waals surface area contributed by atoms with Crippen molar-refractivity contribution in [3.05, 3.63) is 59.8 Å². The van der Waals surface area contributed by atoms with Crippen LogP contribution in [-0.2, 0) is 11.3 Å². The second kappa shape index (κ2) is 9.45. The smallest absolute Gasteiger partial charge is 0.412 e. The molecule has 1 aliphatic carbocycles. The van der Waals surface area contributed by atoms with Crippen LogP contribution in [0.2, 0.25) is 0 Å². The molecule has 0 spiro atoms. The molecule has 0 radical (unpaired) electrons. The van der Waals surface area contributed by atoms with Gasteiger partial charge in [0.05, 0.1) is 12.2 Å². The number of rotatable bonds is 3. The lowest BCUT2D eigenvalue weighted by Crippen LogP contribution is -2.37. The Morgan fingerprint density at radius 2 is 1.80 bits per heavy atom. The van der Waals surface area contributed by atoms with Gasteiger partial charge in [-0.1, -0.05) is 29.8 Å². The summed E-state index contributed by atoms with van der Waals surface area (Å²) in [5, 5.41) is 17.0. The Labute approximate surface area is 209 Å². The van der Waals surface area contributed by atoms with E-state index in [1.807, 2.05) is 57.2 Å². The minimum atomic E-state index is -0.688. The highest BCUT2D eigenvalue weighted by atomic mass is 35.5. The standard InChI is InChI=1S/C25H29ClN6O3/c1-25(2,3)35-24(33)31-15-20-28-30-23(32(20)19-8-5-4-7-18(19)22(31)26)16-10-12-17(13-11-16)34-21-9-6-14-27-29-21/h4-9,14,16-17,22H,10-13,15H2,1-3H3/t16-,17-,22?. The van der Waals surface area contributed by atoms with Gasteiger partial charge in [-0.25, -0.2) is 4.79 Å². The minimum Gasteiger partial charge on any atom is -0.473 e. The number of benzene rings is 1. The van der Waals surface area contributed by atoms with Gasteiger partial charge in [-0.2, -0.15) is 5.10 Å². The average Bonchev–Trinajstić information content (AvgIpc) is 3.20. The fourth-order valence-corrected chi connectivity index (χ4v) is 5.02. The normalized spacial score (nSPS) is 22.1. The molecule has 0 bridgehead atoms. The summed E-state index contributed by atoms with van der Waals surface area (Å²) in [6, 6.07) is 11.5. The maximum atomic E-state index is 13.0. The maximum absolute atomic E-state index is 13.0. The van der Waals surface area contributed by atoms with E-state index in [2.05, 4.69) is 25.0 Å². The summed E-state index contributed by atoms with van der Waals surface area (Å²) < 4.78 is 13.7. The highest BCUT2D eigenvalue weighted by Crippen LogP contribution is 2.40. The van der Waals surface area contributed by atoms with Crippen molar-refractivity contribution in [3.8, 4) is 11.6 Å². The molecule has 2 aromatic heterocycles.